The average Bonchev–Trinajstić information content (AvgIpc) is 2.55. The first kappa shape index (κ1) is 17.4. The first-order valence-corrected chi connectivity index (χ1v) is 7.86. The summed E-state index contributed by atoms with van der Waals surface area (Å²) in [7, 11) is 0. The number of benzene rings is 1. The third-order valence-electron chi connectivity index (χ3n) is 3.93. The van der Waals surface area contributed by atoms with Gasteiger partial charge in [-0.3, -0.25) is 4.79 Å². The van der Waals surface area contributed by atoms with Gasteiger partial charge in [0.2, 0.25) is 0 Å². The first-order chi connectivity index (χ1) is 11.0. The molecule has 2 atom stereocenters. The number of rotatable bonds is 6. The van der Waals surface area contributed by atoms with E-state index in [4.69, 9.17) is 9.47 Å². The predicted molar refractivity (Wildman–Crippen MR) is 85.8 cm³/mol. The Morgan fingerprint density at radius 2 is 2.22 bits per heavy atom. The third-order valence-corrected chi connectivity index (χ3v) is 3.93. The van der Waals surface area contributed by atoms with Crippen LogP contribution in [-0.4, -0.2) is 42.4 Å². The maximum atomic E-state index is 12.2. The lowest BCUT2D eigenvalue weighted by Gasteiger charge is -2.24. The molecule has 2 N–H and O–H groups in total. The van der Waals surface area contributed by atoms with Gasteiger partial charge in [-0.25, -0.2) is 4.79 Å². The molecule has 6 heteroatoms. The molecule has 0 spiro atoms. The molecule has 1 amide bonds. The fourth-order valence-electron chi connectivity index (χ4n) is 2.50. The van der Waals surface area contributed by atoms with Gasteiger partial charge in [-0.15, -0.1) is 0 Å². The summed E-state index contributed by atoms with van der Waals surface area (Å²) in [4.78, 5) is 23.5. The number of hydrogen-bond donors (Lipinski definition) is 2. The lowest BCUT2D eigenvalue weighted by atomic mass is 10.1. The van der Waals surface area contributed by atoms with E-state index >= 15 is 0 Å². The number of carbonyl (C=O) groups excluding carboxylic acids is 1. The van der Waals surface area contributed by atoms with Gasteiger partial charge in [-0.1, -0.05) is 12.1 Å². The van der Waals surface area contributed by atoms with Gasteiger partial charge in [0.25, 0.3) is 5.91 Å². The number of carboxylic acids is 1. The number of ether oxygens (including phenoxy) is 2. The molecule has 23 heavy (non-hydrogen) atoms. The van der Waals surface area contributed by atoms with Crippen LogP contribution in [-0.2, 0) is 14.3 Å². The van der Waals surface area contributed by atoms with Crippen molar-refractivity contribution in [3.8, 4) is 0 Å². The average molecular weight is 321 g/mol. The number of para-hydroxylation sites is 1. The molecule has 126 valence electrons. The van der Waals surface area contributed by atoms with Gasteiger partial charge in [0, 0.05) is 6.61 Å². The van der Waals surface area contributed by atoms with E-state index in [0.717, 1.165) is 25.9 Å². The minimum absolute atomic E-state index is 0.0343. The van der Waals surface area contributed by atoms with E-state index in [1.54, 1.807) is 26.0 Å². The van der Waals surface area contributed by atoms with Crippen molar-refractivity contribution in [3.05, 3.63) is 29.3 Å². The Morgan fingerprint density at radius 3 is 2.87 bits per heavy atom. The molecule has 6 nitrogen and oxygen atoms in total. The molecule has 1 saturated heterocycles. The highest BCUT2D eigenvalue weighted by Gasteiger charge is 2.21. The smallest absolute Gasteiger partial charge is 0.337 e. The lowest BCUT2D eigenvalue weighted by molar-refractivity contribution is -0.130. The van der Waals surface area contributed by atoms with Gasteiger partial charge in [0.1, 0.15) is 6.10 Å². The van der Waals surface area contributed by atoms with Crippen LogP contribution < -0.4 is 5.32 Å². The molecule has 2 unspecified atom stereocenters. The molecule has 0 aliphatic carbocycles. The molecule has 0 radical (unpaired) electrons. The number of carboxylic acid groups (broad SMARTS) is 1. The minimum atomic E-state index is -1.08. The summed E-state index contributed by atoms with van der Waals surface area (Å²) in [6.45, 7) is 4.51. The Bertz CT molecular complexity index is 566. The van der Waals surface area contributed by atoms with Crippen LogP contribution in [0.4, 0.5) is 5.69 Å². The molecule has 2 rings (SSSR count). The summed E-state index contributed by atoms with van der Waals surface area (Å²) >= 11 is 0. The molecule has 0 bridgehead atoms. The molecular weight excluding hydrogens is 298 g/mol. The second kappa shape index (κ2) is 8.08. The highest BCUT2D eigenvalue weighted by Crippen LogP contribution is 2.21. The zero-order chi connectivity index (χ0) is 16.8. The van der Waals surface area contributed by atoms with Gasteiger partial charge in [-0.05, 0) is 44.7 Å². The van der Waals surface area contributed by atoms with Crippen LogP contribution in [0.5, 0.6) is 0 Å². The van der Waals surface area contributed by atoms with Gasteiger partial charge >= 0.3 is 5.97 Å². The number of anilines is 1. The Balaban J connectivity index is 1.94. The Morgan fingerprint density at radius 1 is 1.43 bits per heavy atom. The molecule has 1 fully saturated rings. The monoisotopic (exact) mass is 321 g/mol. The standard InChI is InChI=1S/C17H23NO5/c1-11-6-5-8-14(17(20)21)15(11)18-16(19)12(2)23-10-13-7-3-4-9-22-13/h5-6,8,12-13H,3-4,7,9-10H2,1-2H3,(H,18,19)(H,20,21). The van der Waals surface area contributed by atoms with Gasteiger partial charge in [0.05, 0.1) is 24.0 Å². The zero-order valence-corrected chi connectivity index (χ0v) is 13.5. The number of nitrogens with one attached hydrogen (secondary N) is 1. The van der Waals surface area contributed by atoms with Gasteiger partial charge in [0.15, 0.2) is 0 Å². The number of aryl methyl sites for hydroxylation is 1. The van der Waals surface area contributed by atoms with Crippen LogP contribution in [0, 0.1) is 6.92 Å². The minimum Gasteiger partial charge on any atom is -0.478 e. The summed E-state index contributed by atoms with van der Waals surface area (Å²) in [5.41, 5.74) is 1.08. The first-order valence-electron chi connectivity index (χ1n) is 7.86. The predicted octanol–water partition coefficient (Wildman–Crippen LogP) is 2.61. The number of carbonyl (C=O) groups is 2. The quantitative estimate of drug-likeness (QED) is 0.841. The number of aromatic carboxylic acids is 1. The molecule has 1 heterocycles. The second-order valence-electron chi connectivity index (χ2n) is 5.76. The van der Waals surface area contributed by atoms with Crippen LogP contribution in [0.15, 0.2) is 18.2 Å². The highest BCUT2D eigenvalue weighted by atomic mass is 16.5. The van der Waals surface area contributed by atoms with Crippen molar-refractivity contribution in [3.63, 3.8) is 0 Å². The van der Waals surface area contributed by atoms with Crippen LogP contribution >= 0.6 is 0 Å². The number of hydrogen-bond acceptors (Lipinski definition) is 4. The molecule has 1 aliphatic heterocycles. The van der Waals surface area contributed by atoms with Crippen LogP contribution in [0.25, 0.3) is 0 Å². The Labute approximate surface area is 135 Å². The van der Waals surface area contributed by atoms with E-state index in [2.05, 4.69) is 5.32 Å². The SMILES string of the molecule is Cc1cccc(C(=O)O)c1NC(=O)C(C)OCC1CCCCO1. The third kappa shape index (κ3) is 4.77. The number of amides is 1. The van der Waals surface area contributed by atoms with E-state index in [1.807, 2.05) is 0 Å². The second-order valence-corrected chi connectivity index (χ2v) is 5.76. The summed E-state index contributed by atoms with van der Waals surface area (Å²) in [5.74, 6) is -1.44. The summed E-state index contributed by atoms with van der Waals surface area (Å²) in [5, 5.41) is 11.9. The maximum absolute atomic E-state index is 12.2. The molecule has 1 aliphatic rings. The van der Waals surface area contributed by atoms with Crippen LogP contribution in [0.1, 0.15) is 42.1 Å². The lowest BCUT2D eigenvalue weighted by Crippen LogP contribution is -2.33. The van der Waals surface area contributed by atoms with E-state index in [9.17, 15) is 14.7 Å². The topological polar surface area (TPSA) is 84.9 Å². The van der Waals surface area contributed by atoms with Gasteiger partial charge < -0.3 is 19.9 Å². The fraction of sp³-hybridized carbons (Fsp3) is 0.529. The van der Waals surface area contributed by atoms with Crippen LogP contribution in [0.2, 0.25) is 0 Å². The van der Waals surface area contributed by atoms with Crippen molar-refractivity contribution in [2.45, 2.75) is 45.3 Å². The fourth-order valence-corrected chi connectivity index (χ4v) is 2.50. The summed E-state index contributed by atoms with van der Waals surface area (Å²) < 4.78 is 11.1. The van der Waals surface area contributed by atoms with E-state index in [-0.39, 0.29) is 17.6 Å². The summed E-state index contributed by atoms with van der Waals surface area (Å²) in [6, 6.07) is 4.87. The van der Waals surface area contributed by atoms with Gasteiger partial charge in [-0.2, -0.15) is 0 Å². The van der Waals surface area contributed by atoms with Crippen molar-refractivity contribution in [2.75, 3.05) is 18.5 Å². The van der Waals surface area contributed by atoms with E-state index < -0.39 is 12.1 Å². The van der Waals surface area contributed by atoms with Crippen molar-refractivity contribution in [2.24, 2.45) is 0 Å². The zero-order valence-electron chi connectivity index (χ0n) is 13.5. The molecule has 0 aromatic heterocycles. The normalized spacial score (nSPS) is 19.1. The molecule has 0 saturated carbocycles. The maximum Gasteiger partial charge on any atom is 0.337 e. The molecular formula is C17H23NO5. The highest BCUT2D eigenvalue weighted by molar-refractivity contribution is 6.02. The van der Waals surface area contributed by atoms with Crippen molar-refractivity contribution >= 4 is 17.6 Å². The van der Waals surface area contributed by atoms with Crippen molar-refractivity contribution in [1.29, 1.82) is 0 Å². The van der Waals surface area contributed by atoms with Crippen LogP contribution in [0.3, 0.4) is 0 Å². The van der Waals surface area contributed by atoms with E-state index in [0.29, 0.717) is 17.9 Å². The molecule has 1 aromatic carbocycles. The van der Waals surface area contributed by atoms with Crippen molar-refractivity contribution in [1.82, 2.24) is 0 Å². The van der Waals surface area contributed by atoms with E-state index in [1.165, 1.54) is 6.07 Å². The van der Waals surface area contributed by atoms with Crippen molar-refractivity contribution < 1.29 is 24.2 Å². The largest absolute Gasteiger partial charge is 0.478 e. The Hall–Kier alpha value is -1.92. The Kier molecular flexibility index (Phi) is 6.12. The molecule has 1 aromatic rings. The summed E-state index contributed by atoms with van der Waals surface area (Å²) in [6.07, 6.45) is 2.47.